The first-order valence-electron chi connectivity index (χ1n) is 5.79. The molecule has 5 nitrogen and oxygen atoms in total. The van der Waals surface area contributed by atoms with E-state index in [0.29, 0.717) is 12.8 Å². The van der Waals surface area contributed by atoms with Crippen LogP contribution in [0.25, 0.3) is 0 Å². The maximum atomic E-state index is 12.9. The molecule has 1 aliphatic rings. The smallest absolute Gasteiger partial charge is 0.251 e. The van der Waals surface area contributed by atoms with Crippen molar-refractivity contribution in [1.82, 2.24) is 10.3 Å². The SMILES string of the molecule is NC(=O)[C@H]1CCC[C@@H]1NC(=O)c1ccnc(F)c1. The van der Waals surface area contributed by atoms with Gasteiger partial charge in [0.25, 0.3) is 5.91 Å². The number of nitrogens with one attached hydrogen (secondary N) is 1. The van der Waals surface area contributed by atoms with Crippen LogP contribution in [0.4, 0.5) is 4.39 Å². The van der Waals surface area contributed by atoms with E-state index in [0.717, 1.165) is 12.5 Å². The van der Waals surface area contributed by atoms with Crippen molar-refractivity contribution in [2.24, 2.45) is 11.7 Å². The van der Waals surface area contributed by atoms with Crippen molar-refractivity contribution < 1.29 is 14.0 Å². The zero-order chi connectivity index (χ0) is 13.1. The summed E-state index contributed by atoms with van der Waals surface area (Å²) in [4.78, 5) is 26.4. The molecule has 18 heavy (non-hydrogen) atoms. The summed E-state index contributed by atoms with van der Waals surface area (Å²) in [6.07, 6.45) is 3.48. The van der Waals surface area contributed by atoms with Crippen LogP contribution in [0.1, 0.15) is 29.6 Å². The van der Waals surface area contributed by atoms with Gasteiger partial charge in [0.05, 0.1) is 5.92 Å². The average molecular weight is 251 g/mol. The molecule has 0 bridgehead atoms. The highest BCUT2D eigenvalue weighted by molar-refractivity contribution is 5.94. The third kappa shape index (κ3) is 2.64. The van der Waals surface area contributed by atoms with Crippen molar-refractivity contribution in [3.63, 3.8) is 0 Å². The summed E-state index contributed by atoms with van der Waals surface area (Å²) in [5, 5.41) is 2.72. The van der Waals surface area contributed by atoms with Gasteiger partial charge in [-0.15, -0.1) is 0 Å². The van der Waals surface area contributed by atoms with E-state index in [2.05, 4.69) is 10.3 Å². The summed E-state index contributed by atoms with van der Waals surface area (Å²) in [5.41, 5.74) is 5.46. The Balaban J connectivity index is 2.05. The Labute approximate surface area is 104 Å². The molecular weight excluding hydrogens is 237 g/mol. The highest BCUT2D eigenvalue weighted by atomic mass is 19.1. The minimum absolute atomic E-state index is 0.192. The van der Waals surface area contributed by atoms with Gasteiger partial charge in [-0.3, -0.25) is 9.59 Å². The maximum Gasteiger partial charge on any atom is 0.251 e. The highest BCUT2D eigenvalue weighted by Gasteiger charge is 2.32. The minimum Gasteiger partial charge on any atom is -0.369 e. The Morgan fingerprint density at radius 1 is 1.44 bits per heavy atom. The van der Waals surface area contributed by atoms with E-state index in [1.54, 1.807) is 0 Å². The number of rotatable bonds is 3. The lowest BCUT2D eigenvalue weighted by Gasteiger charge is -2.18. The summed E-state index contributed by atoms with van der Waals surface area (Å²) in [6, 6.07) is 2.22. The van der Waals surface area contributed by atoms with Gasteiger partial charge in [-0.05, 0) is 18.9 Å². The van der Waals surface area contributed by atoms with Crippen LogP contribution in [-0.4, -0.2) is 22.8 Å². The van der Waals surface area contributed by atoms with Gasteiger partial charge in [-0.1, -0.05) is 6.42 Å². The molecular formula is C12H14FN3O2. The minimum atomic E-state index is -0.708. The van der Waals surface area contributed by atoms with Crippen LogP contribution in [0.5, 0.6) is 0 Å². The zero-order valence-electron chi connectivity index (χ0n) is 9.73. The second kappa shape index (κ2) is 5.12. The Bertz CT molecular complexity index is 478. The Morgan fingerprint density at radius 2 is 2.22 bits per heavy atom. The third-order valence-corrected chi connectivity index (χ3v) is 3.19. The lowest BCUT2D eigenvalue weighted by molar-refractivity contribution is -0.122. The molecule has 2 amide bonds. The third-order valence-electron chi connectivity index (χ3n) is 3.19. The van der Waals surface area contributed by atoms with Crippen molar-refractivity contribution in [2.45, 2.75) is 25.3 Å². The molecule has 0 unspecified atom stereocenters. The largest absolute Gasteiger partial charge is 0.369 e. The summed E-state index contributed by atoms with van der Waals surface area (Å²) in [5.74, 6) is -1.85. The first kappa shape index (κ1) is 12.5. The monoisotopic (exact) mass is 251 g/mol. The van der Waals surface area contributed by atoms with Crippen molar-refractivity contribution in [1.29, 1.82) is 0 Å². The Hall–Kier alpha value is -1.98. The molecule has 2 rings (SSSR count). The van der Waals surface area contributed by atoms with Crippen LogP contribution in [0.3, 0.4) is 0 Å². The molecule has 1 fully saturated rings. The standard InChI is InChI=1S/C12H14FN3O2/c13-10-6-7(4-5-15-10)12(18)16-9-3-1-2-8(9)11(14)17/h4-6,8-9H,1-3H2,(H2,14,17)(H,16,18)/t8-,9-/m0/s1. The number of carbonyl (C=O) groups is 2. The molecule has 0 aliphatic heterocycles. The van der Waals surface area contributed by atoms with E-state index < -0.39 is 17.8 Å². The van der Waals surface area contributed by atoms with E-state index in [1.807, 2.05) is 0 Å². The fourth-order valence-electron chi connectivity index (χ4n) is 2.27. The molecule has 1 aromatic heterocycles. The number of aromatic nitrogens is 1. The lowest BCUT2D eigenvalue weighted by Crippen LogP contribution is -2.42. The van der Waals surface area contributed by atoms with E-state index >= 15 is 0 Å². The Morgan fingerprint density at radius 3 is 2.89 bits per heavy atom. The predicted molar refractivity (Wildman–Crippen MR) is 62.0 cm³/mol. The molecule has 1 saturated carbocycles. The molecule has 3 N–H and O–H groups in total. The summed E-state index contributed by atoms with van der Waals surface area (Å²) in [7, 11) is 0. The summed E-state index contributed by atoms with van der Waals surface area (Å²) >= 11 is 0. The number of carbonyl (C=O) groups excluding carboxylic acids is 2. The highest BCUT2D eigenvalue weighted by Crippen LogP contribution is 2.25. The number of hydrogen-bond donors (Lipinski definition) is 2. The summed E-state index contributed by atoms with van der Waals surface area (Å²) in [6.45, 7) is 0. The van der Waals surface area contributed by atoms with Gasteiger partial charge in [-0.25, -0.2) is 4.98 Å². The van der Waals surface area contributed by atoms with Crippen molar-refractivity contribution in [2.75, 3.05) is 0 Å². The second-order valence-corrected chi connectivity index (χ2v) is 4.39. The number of pyridine rings is 1. The van der Waals surface area contributed by atoms with E-state index in [4.69, 9.17) is 5.73 Å². The first-order valence-corrected chi connectivity index (χ1v) is 5.79. The molecule has 1 aliphatic carbocycles. The van der Waals surface area contributed by atoms with Gasteiger partial charge in [0.1, 0.15) is 0 Å². The van der Waals surface area contributed by atoms with Gasteiger partial charge < -0.3 is 11.1 Å². The van der Waals surface area contributed by atoms with Gasteiger partial charge >= 0.3 is 0 Å². The van der Waals surface area contributed by atoms with Gasteiger partial charge in [0, 0.05) is 23.9 Å². The maximum absolute atomic E-state index is 12.9. The van der Waals surface area contributed by atoms with E-state index in [9.17, 15) is 14.0 Å². The van der Waals surface area contributed by atoms with Gasteiger partial charge in [0.2, 0.25) is 11.9 Å². The molecule has 1 heterocycles. The molecule has 0 aromatic carbocycles. The fourth-order valence-corrected chi connectivity index (χ4v) is 2.27. The van der Waals surface area contributed by atoms with Crippen LogP contribution < -0.4 is 11.1 Å². The van der Waals surface area contributed by atoms with Crippen LogP contribution in [-0.2, 0) is 4.79 Å². The zero-order valence-corrected chi connectivity index (χ0v) is 9.73. The normalized spacial score (nSPS) is 22.7. The quantitative estimate of drug-likeness (QED) is 0.771. The fraction of sp³-hybridized carbons (Fsp3) is 0.417. The molecule has 96 valence electrons. The van der Waals surface area contributed by atoms with Crippen molar-refractivity contribution in [3.8, 4) is 0 Å². The Kier molecular flexibility index (Phi) is 3.55. The predicted octanol–water partition coefficient (Wildman–Crippen LogP) is 0.604. The van der Waals surface area contributed by atoms with Crippen LogP contribution in [0, 0.1) is 11.9 Å². The summed E-state index contributed by atoms with van der Waals surface area (Å²) < 4.78 is 12.9. The number of halogens is 1. The van der Waals surface area contributed by atoms with E-state index in [1.165, 1.54) is 12.3 Å². The first-order chi connectivity index (χ1) is 8.58. The molecule has 0 spiro atoms. The van der Waals surface area contributed by atoms with Gasteiger partial charge in [-0.2, -0.15) is 4.39 Å². The molecule has 1 aromatic rings. The number of primary amides is 1. The van der Waals surface area contributed by atoms with E-state index in [-0.39, 0.29) is 17.5 Å². The molecule has 2 atom stereocenters. The average Bonchev–Trinajstić information content (AvgIpc) is 2.77. The second-order valence-electron chi connectivity index (χ2n) is 4.39. The number of nitrogens with two attached hydrogens (primary N) is 1. The van der Waals surface area contributed by atoms with Crippen LogP contribution in [0.2, 0.25) is 0 Å². The molecule has 0 saturated heterocycles. The molecule has 0 radical (unpaired) electrons. The number of amides is 2. The van der Waals surface area contributed by atoms with Crippen molar-refractivity contribution >= 4 is 11.8 Å². The number of nitrogens with zero attached hydrogens (tertiary/aromatic N) is 1. The van der Waals surface area contributed by atoms with Crippen molar-refractivity contribution in [3.05, 3.63) is 29.8 Å². The lowest BCUT2D eigenvalue weighted by atomic mass is 10.0. The van der Waals surface area contributed by atoms with Crippen LogP contribution in [0.15, 0.2) is 18.3 Å². The molecule has 6 heteroatoms. The van der Waals surface area contributed by atoms with Crippen LogP contribution >= 0.6 is 0 Å². The topological polar surface area (TPSA) is 85.1 Å². The number of hydrogen-bond acceptors (Lipinski definition) is 3. The van der Waals surface area contributed by atoms with Gasteiger partial charge in [0.15, 0.2) is 0 Å².